The molecule has 1 aliphatic rings. The molecule has 100 valence electrons. The number of rotatable bonds is 4. The average Bonchev–Trinajstić information content (AvgIpc) is 2.40. The fourth-order valence-electron chi connectivity index (χ4n) is 2.25. The number of hydrogen-bond donors (Lipinski definition) is 1. The minimum absolute atomic E-state index is 0.00830. The molecule has 0 saturated carbocycles. The van der Waals surface area contributed by atoms with Crippen molar-refractivity contribution in [2.24, 2.45) is 5.73 Å². The number of ether oxygens (including phenoxy) is 1. The lowest BCUT2D eigenvalue weighted by Gasteiger charge is -2.28. The molecule has 1 aromatic heterocycles. The van der Waals surface area contributed by atoms with Crippen molar-refractivity contribution in [3.63, 3.8) is 0 Å². The van der Waals surface area contributed by atoms with Gasteiger partial charge in [-0.1, -0.05) is 0 Å². The van der Waals surface area contributed by atoms with Crippen LogP contribution in [0.15, 0.2) is 18.3 Å². The van der Waals surface area contributed by atoms with E-state index in [1.165, 1.54) is 12.8 Å². The van der Waals surface area contributed by atoms with Crippen LogP contribution < -0.4 is 10.6 Å². The Balaban J connectivity index is 1.93. The zero-order chi connectivity index (χ0) is 13.0. The molecule has 1 aromatic rings. The standard InChI is InChI=1S/C14H23N3O/c1-11(15)14-7-6-12(9-16-14)17(2)10-13-5-3-4-8-18-13/h6-7,9,11,13H,3-5,8,10,15H2,1-2H3/t11-,13?/m1/s1. The summed E-state index contributed by atoms with van der Waals surface area (Å²) in [7, 11) is 2.08. The summed E-state index contributed by atoms with van der Waals surface area (Å²) in [5.74, 6) is 0. The molecule has 4 nitrogen and oxygen atoms in total. The predicted molar refractivity (Wildman–Crippen MR) is 73.7 cm³/mol. The van der Waals surface area contributed by atoms with Gasteiger partial charge in [0.05, 0.1) is 23.7 Å². The van der Waals surface area contributed by atoms with Crippen molar-refractivity contribution in [1.29, 1.82) is 0 Å². The van der Waals surface area contributed by atoms with Gasteiger partial charge in [0.25, 0.3) is 0 Å². The van der Waals surface area contributed by atoms with E-state index in [1.54, 1.807) is 0 Å². The van der Waals surface area contributed by atoms with Gasteiger partial charge in [-0.15, -0.1) is 0 Å². The highest BCUT2D eigenvalue weighted by atomic mass is 16.5. The number of nitrogens with two attached hydrogens (primary N) is 1. The van der Waals surface area contributed by atoms with Gasteiger partial charge in [0.15, 0.2) is 0 Å². The minimum Gasteiger partial charge on any atom is -0.376 e. The summed E-state index contributed by atoms with van der Waals surface area (Å²) < 4.78 is 5.75. The monoisotopic (exact) mass is 249 g/mol. The molecule has 1 fully saturated rings. The van der Waals surface area contributed by atoms with Crippen LogP contribution in [0.25, 0.3) is 0 Å². The van der Waals surface area contributed by atoms with E-state index in [0.717, 1.165) is 31.0 Å². The van der Waals surface area contributed by atoms with Crippen LogP contribution in [0.2, 0.25) is 0 Å². The Morgan fingerprint density at radius 3 is 2.89 bits per heavy atom. The third kappa shape index (κ3) is 3.43. The lowest BCUT2D eigenvalue weighted by atomic mass is 10.1. The SMILES string of the molecule is C[C@@H](N)c1ccc(N(C)CC2CCCCO2)cn1. The van der Waals surface area contributed by atoms with Crippen molar-refractivity contribution in [1.82, 2.24) is 4.98 Å². The Morgan fingerprint density at radius 2 is 2.33 bits per heavy atom. The van der Waals surface area contributed by atoms with Gasteiger partial charge in [-0.3, -0.25) is 4.98 Å². The Hall–Kier alpha value is -1.13. The quantitative estimate of drug-likeness (QED) is 0.888. The van der Waals surface area contributed by atoms with Gasteiger partial charge in [0.2, 0.25) is 0 Å². The Morgan fingerprint density at radius 1 is 1.50 bits per heavy atom. The molecule has 0 spiro atoms. The lowest BCUT2D eigenvalue weighted by Crippen LogP contribution is -2.33. The smallest absolute Gasteiger partial charge is 0.0749 e. The van der Waals surface area contributed by atoms with Gasteiger partial charge in [0, 0.05) is 26.2 Å². The Bertz CT molecular complexity index is 358. The Labute approximate surface area is 109 Å². The summed E-state index contributed by atoms with van der Waals surface area (Å²) in [5.41, 5.74) is 7.84. The molecular weight excluding hydrogens is 226 g/mol. The zero-order valence-electron chi connectivity index (χ0n) is 11.3. The highest BCUT2D eigenvalue weighted by molar-refractivity contribution is 5.44. The fourth-order valence-corrected chi connectivity index (χ4v) is 2.25. The molecule has 2 atom stereocenters. The molecule has 4 heteroatoms. The molecule has 18 heavy (non-hydrogen) atoms. The molecule has 2 N–H and O–H groups in total. The maximum absolute atomic E-state index is 5.79. The van der Waals surface area contributed by atoms with Crippen molar-refractivity contribution >= 4 is 5.69 Å². The van der Waals surface area contributed by atoms with Crippen LogP contribution >= 0.6 is 0 Å². The van der Waals surface area contributed by atoms with Crippen molar-refractivity contribution in [2.45, 2.75) is 38.3 Å². The summed E-state index contributed by atoms with van der Waals surface area (Å²) >= 11 is 0. The van der Waals surface area contributed by atoms with E-state index in [-0.39, 0.29) is 6.04 Å². The maximum Gasteiger partial charge on any atom is 0.0749 e. The zero-order valence-corrected chi connectivity index (χ0v) is 11.3. The van der Waals surface area contributed by atoms with E-state index >= 15 is 0 Å². The molecule has 1 saturated heterocycles. The third-order valence-electron chi connectivity index (χ3n) is 3.43. The van der Waals surface area contributed by atoms with Crippen LogP contribution in [-0.4, -0.2) is 31.3 Å². The van der Waals surface area contributed by atoms with Gasteiger partial charge in [-0.2, -0.15) is 0 Å². The van der Waals surface area contributed by atoms with E-state index in [2.05, 4.69) is 23.0 Å². The Kier molecular flexibility index (Phi) is 4.55. The van der Waals surface area contributed by atoms with E-state index in [9.17, 15) is 0 Å². The summed E-state index contributed by atoms with van der Waals surface area (Å²) in [6.07, 6.45) is 5.89. The predicted octanol–water partition coefficient (Wildman–Crippen LogP) is 2.11. The first-order valence-corrected chi connectivity index (χ1v) is 6.71. The second kappa shape index (κ2) is 6.16. The summed E-state index contributed by atoms with van der Waals surface area (Å²) in [6.45, 7) is 3.78. The van der Waals surface area contributed by atoms with Crippen molar-refractivity contribution in [3.8, 4) is 0 Å². The van der Waals surface area contributed by atoms with E-state index in [1.807, 2.05) is 19.2 Å². The second-order valence-corrected chi connectivity index (χ2v) is 5.10. The number of hydrogen-bond acceptors (Lipinski definition) is 4. The summed E-state index contributed by atoms with van der Waals surface area (Å²) in [4.78, 5) is 6.59. The molecule has 1 aliphatic heterocycles. The normalized spacial score (nSPS) is 21.6. The van der Waals surface area contributed by atoms with Gasteiger partial charge < -0.3 is 15.4 Å². The minimum atomic E-state index is -0.00830. The first-order valence-electron chi connectivity index (χ1n) is 6.71. The highest BCUT2D eigenvalue weighted by Gasteiger charge is 2.16. The average molecular weight is 249 g/mol. The van der Waals surface area contributed by atoms with Crippen LogP contribution in [-0.2, 0) is 4.74 Å². The third-order valence-corrected chi connectivity index (χ3v) is 3.43. The fraction of sp³-hybridized carbons (Fsp3) is 0.643. The molecule has 0 aliphatic carbocycles. The van der Waals surface area contributed by atoms with Crippen LogP contribution in [0.5, 0.6) is 0 Å². The molecule has 2 rings (SSSR count). The van der Waals surface area contributed by atoms with Gasteiger partial charge >= 0.3 is 0 Å². The maximum atomic E-state index is 5.79. The number of aromatic nitrogens is 1. The van der Waals surface area contributed by atoms with Crippen LogP contribution in [0, 0.1) is 0 Å². The number of nitrogens with zero attached hydrogens (tertiary/aromatic N) is 2. The first kappa shape index (κ1) is 13.3. The molecule has 0 amide bonds. The van der Waals surface area contributed by atoms with Crippen LogP contribution in [0.1, 0.15) is 37.9 Å². The van der Waals surface area contributed by atoms with Gasteiger partial charge in [0.1, 0.15) is 0 Å². The van der Waals surface area contributed by atoms with Crippen LogP contribution in [0.4, 0.5) is 5.69 Å². The topological polar surface area (TPSA) is 51.4 Å². The molecular formula is C14H23N3O. The summed E-state index contributed by atoms with van der Waals surface area (Å²) in [5, 5.41) is 0. The van der Waals surface area contributed by atoms with E-state index in [0.29, 0.717) is 6.10 Å². The number of pyridine rings is 1. The lowest BCUT2D eigenvalue weighted by molar-refractivity contribution is 0.0216. The molecule has 0 bridgehead atoms. The van der Waals surface area contributed by atoms with E-state index in [4.69, 9.17) is 10.5 Å². The van der Waals surface area contributed by atoms with Gasteiger partial charge in [-0.05, 0) is 38.3 Å². The van der Waals surface area contributed by atoms with Gasteiger partial charge in [-0.25, -0.2) is 0 Å². The molecule has 0 aromatic carbocycles. The number of anilines is 1. The molecule has 2 heterocycles. The van der Waals surface area contributed by atoms with Crippen molar-refractivity contribution in [2.75, 3.05) is 25.1 Å². The van der Waals surface area contributed by atoms with Crippen molar-refractivity contribution in [3.05, 3.63) is 24.0 Å². The second-order valence-electron chi connectivity index (χ2n) is 5.10. The number of likely N-dealkylation sites (N-methyl/N-ethyl adjacent to an activating group) is 1. The molecule has 1 unspecified atom stereocenters. The van der Waals surface area contributed by atoms with Crippen LogP contribution in [0.3, 0.4) is 0 Å². The largest absolute Gasteiger partial charge is 0.376 e. The van der Waals surface area contributed by atoms with E-state index < -0.39 is 0 Å². The van der Waals surface area contributed by atoms with Crippen molar-refractivity contribution < 1.29 is 4.74 Å². The molecule has 0 radical (unpaired) electrons. The summed E-state index contributed by atoms with van der Waals surface area (Å²) in [6, 6.07) is 4.07. The first-order chi connectivity index (χ1) is 8.66. The highest BCUT2D eigenvalue weighted by Crippen LogP contribution is 2.18.